The molecule has 2 heterocycles. The van der Waals surface area contributed by atoms with Crippen molar-refractivity contribution in [3.8, 4) is 5.75 Å². The number of hydrogen-bond acceptors (Lipinski definition) is 6. The fourth-order valence-corrected chi connectivity index (χ4v) is 3.04. The average Bonchev–Trinajstić information content (AvgIpc) is 2.61. The predicted octanol–water partition coefficient (Wildman–Crippen LogP) is 3.01. The highest BCUT2D eigenvalue weighted by atomic mass is 16.3. The van der Waals surface area contributed by atoms with Crippen molar-refractivity contribution in [1.29, 1.82) is 0 Å². The van der Waals surface area contributed by atoms with Crippen LogP contribution in [0, 0.1) is 13.8 Å². The van der Waals surface area contributed by atoms with Gasteiger partial charge in [0.15, 0.2) is 6.17 Å². The Morgan fingerprint density at radius 2 is 1.89 bits per heavy atom. The van der Waals surface area contributed by atoms with E-state index in [-0.39, 0.29) is 11.3 Å². The van der Waals surface area contributed by atoms with Crippen LogP contribution in [0.4, 0.5) is 11.6 Å². The zero-order valence-electron chi connectivity index (χ0n) is 15.0. The van der Waals surface area contributed by atoms with Crippen LogP contribution in [0.2, 0.25) is 0 Å². The minimum atomic E-state index is -0.588. The maximum atomic E-state index is 12.6. The zero-order valence-corrected chi connectivity index (χ0v) is 15.0. The Hall–Kier alpha value is -3.61. The standard InChI is InChI=1S/C20H19N5O2/c1-12-4-3-5-15(10-12)22-19-23-18(14-6-8-16(26)9-7-14)25-17(27)11-13(2)21-20(25)24-19/h3-11,18,26H,1-2H3,(H2,21,22,23,24). The number of phenols is 1. The summed E-state index contributed by atoms with van der Waals surface area (Å²) in [5.74, 6) is 1.07. The van der Waals surface area contributed by atoms with Gasteiger partial charge < -0.3 is 10.4 Å². The van der Waals surface area contributed by atoms with Crippen LogP contribution in [0.25, 0.3) is 0 Å². The van der Waals surface area contributed by atoms with Crippen molar-refractivity contribution < 1.29 is 5.11 Å². The summed E-state index contributed by atoms with van der Waals surface area (Å²) in [6.07, 6.45) is -0.588. The minimum Gasteiger partial charge on any atom is -0.508 e. The fraction of sp³-hybridized carbons (Fsp3) is 0.150. The molecule has 7 heteroatoms. The summed E-state index contributed by atoms with van der Waals surface area (Å²) in [5.41, 5.74) is 3.21. The van der Waals surface area contributed by atoms with Gasteiger partial charge in [0, 0.05) is 17.4 Å². The molecule has 136 valence electrons. The summed E-state index contributed by atoms with van der Waals surface area (Å²) >= 11 is 0. The van der Waals surface area contributed by atoms with Gasteiger partial charge in [-0.05, 0) is 49.2 Å². The smallest absolute Gasteiger partial charge is 0.257 e. The van der Waals surface area contributed by atoms with Crippen LogP contribution < -0.4 is 16.2 Å². The van der Waals surface area contributed by atoms with Crippen LogP contribution in [0.5, 0.6) is 5.75 Å². The maximum Gasteiger partial charge on any atom is 0.257 e. The molecule has 2 aromatic carbocycles. The van der Waals surface area contributed by atoms with E-state index >= 15 is 0 Å². The van der Waals surface area contributed by atoms with E-state index in [1.165, 1.54) is 10.6 Å². The Labute approximate surface area is 156 Å². The molecule has 1 atom stereocenters. The molecule has 1 aliphatic rings. The normalized spacial score (nSPS) is 15.5. The Balaban J connectivity index is 1.80. The summed E-state index contributed by atoms with van der Waals surface area (Å²) in [6, 6.07) is 16.0. The number of nitrogens with one attached hydrogen (secondary N) is 2. The number of rotatable bonds is 2. The molecule has 1 aromatic heterocycles. The molecule has 0 bridgehead atoms. The van der Waals surface area contributed by atoms with Gasteiger partial charge in [0.1, 0.15) is 5.75 Å². The molecule has 0 radical (unpaired) electrons. The van der Waals surface area contributed by atoms with Gasteiger partial charge in [-0.15, -0.1) is 0 Å². The summed E-state index contributed by atoms with van der Waals surface area (Å²) in [5, 5.41) is 15.9. The van der Waals surface area contributed by atoms with Crippen molar-refractivity contribution in [2.45, 2.75) is 20.0 Å². The number of fused-ring (bicyclic) bond motifs is 1. The molecule has 0 spiro atoms. The van der Waals surface area contributed by atoms with Crippen LogP contribution in [-0.2, 0) is 0 Å². The number of aromatic nitrogens is 2. The number of nitrogens with zero attached hydrogens (tertiary/aromatic N) is 3. The predicted molar refractivity (Wildman–Crippen MR) is 105 cm³/mol. The van der Waals surface area contributed by atoms with Gasteiger partial charge in [-0.25, -0.2) is 9.98 Å². The third-order valence-corrected chi connectivity index (χ3v) is 4.28. The van der Waals surface area contributed by atoms with Crippen LogP contribution >= 0.6 is 0 Å². The molecule has 1 aliphatic heterocycles. The van der Waals surface area contributed by atoms with E-state index in [1.807, 2.05) is 31.2 Å². The maximum absolute atomic E-state index is 12.6. The second kappa shape index (κ2) is 6.60. The molecule has 0 saturated heterocycles. The molecule has 1 unspecified atom stereocenters. The van der Waals surface area contributed by atoms with Crippen molar-refractivity contribution in [3.05, 3.63) is 81.8 Å². The first kappa shape index (κ1) is 16.8. The van der Waals surface area contributed by atoms with E-state index in [0.29, 0.717) is 17.6 Å². The lowest BCUT2D eigenvalue weighted by molar-refractivity contribution is 0.474. The van der Waals surface area contributed by atoms with Crippen molar-refractivity contribution >= 4 is 17.6 Å². The fourth-order valence-electron chi connectivity index (χ4n) is 3.04. The van der Waals surface area contributed by atoms with Crippen molar-refractivity contribution in [2.75, 3.05) is 10.6 Å². The molecule has 0 fully saturated rings. The van der Waals surface area contributed by atoms with Crippen molar-refractivity contribution in [2.24, 2.45) is 4.99 Å². The summed E-state index contributed by atoms with van der Waals surface area (Å²) < 4.78 is 1.50. The van der Waals surface area contributed by atoms with E-state index < -0.39 is 6.17 Å². The van der Waals surface area contributed by atoms with E-state index in [2.05, 4.69) is 20.6 Å². The quantitative estimate of drug-likeness (QED) is 0.653. The van der Waals surface area contributed by atoms with Gasteiger partial charge in [0.2, 0.25) is 11.9 Å². The lowest BCUT2D eigenvalue weighted by Crippen LogP contribution is -2.37. The second-order valence-electron chi connectivity index (χ2n) is 6.49. The highest BCUT2D eigenvalue weighted by Crippen LogP contribution is 2.27. The molecular formula is C20H19N5O2. The molecule has 3 aromatic rings. The van der Waals surface area contributed by atoms with E-state index in [0.717, 1.165) is 16.8 Å². The Bertz CT molecular complexity index is 1090. The summed E-state index contributed by atoms with van der Waals surface area (Å²) in [7, 11) is 0. The topological polar surface area (TPSA) is 91.5 Å². The Morgan fingerprint density at radius 3 is 2.63 bits per heavy atom. The average molecular weight is 361 g/mol. The van der Waals surface area contributed by atoms with Crippen molar-refractivity contribution in [3.63, 3.8) is 0 Å². The van der Waals surface area contributed by atoms with E-state index in [4.69, 9.17) is 0 Å². The molecule has 7 nitrogen and oxygen atoms in total. The SMILES string of the molecule is Cc1cccc(NC2=NC(c3ccc(O)cc3)n3c(nc(C)cc3=O)N2)c1. The molecule has 0 aliphatic carbocycles. The van der Waals surface area contributed by atoms with Crippen LogP contribution in [-0.4, -0.2) is 20.6 Å². The first-order valence-corrected chi connectivity index (χ1v) is 8.57. The summed E-state index contributed by atoms with van der Waals surface area (Å²) in [6.45, 7) is 3.79. The first-order chi connectivity index (χ1) is 13.0. The molecule has 0 amide bonds. The lowest BCUT2D eigenvalue weighted by Gasteiger charge is -2.27. The third kappa shape index (κ3) is 3.39. The van der Waals surface area contributed by atoms with Crippen LogP contribution in [0.1, 0.15) is 23.0 Å². The number of anilines is 2. The first-order valence-electron chi connectivity index (χ1n) is 8.57. The van der Waals surface area contributed by atoms with Crippen LogP contribution in [0.15, 0.2) is 64.4 Å². The van der Waals surface area contributed by atoms with Crippen molar-refractivity contribution in [1.82, 2.24) is 9.55 Å². The molecular weight excluding hydrogens is 342 g/mol. The molecule has 3 N–H and O–H groups in total. The highest BCUT2D eigenvalue weighted by Gasteiger charge is 2.25. The number of aryl methyl sites for hydroxylation is 2. The van der Waals surface area contributed by atoms with Gasteiger partial charge in [-0.3, -0.25) is 14.7 Å². The van der Waals surface area contributed by atoms with E-state index in [9.17, 15) is 9.90 Å². The van der Waals surface area contributed by atoms with Gasteiger partial charge in [-0.1, -0.05) is 24.3 Å². The van der Waals surface area contributed by atoms with Gasteiger partial charge in [0.25, 0.3) is 5.56 Å². The largest absolute Gasteiger partial charge is 0.508 e. The summed E-state index contributed by atoms with van der Waals surface area (Å²) in [4.78, 5) is 21.7. The number of aromatic hydroxyl groups is 1. The number of benzene rings is 2. The third-order valence-electron chi connectivity index (χ3n) is 4.28. The number of hydrogen-bond donors (Lipinski definition) is 3. The monoisotopic (exact) mass is 361 g/mol. The Morgan fingerprint density at radius 1 is 1.11 bits per heavy atom. The Kier molecular flexibility index (Phi) is 4.12. The zero-order chi connectivity index (χ0) is 19.0. The van der Waals surface area contributed by atoms with Gasteiger partial charge in [-0.2, -0.15) is 0 Å². The highest BCUT2D eigenvalue weighted by molar-refractivity contribution is 6.03. The lowest BCUT2D eigenvalue weighted by atomic mass is 10.1. The second-order valence-corrected chi connectivity index (χ2v) is 6.49. The van der Waals surface area contributed by atoms with Crippen LogP contribution in [0.3, 0.4) is 0 Å². The van der Waals surface area contributed by atoms with E-state index in [1.54, 1.807) is 31.2 Å². The number of guanidine groups is 1. The molecule has 0 saturated carbocycles. The minimum absolute atomic E-state index is 0.157. The van der Waals surface area contributed by atoms with Gasteiger partial charge in [0.05, 0.1) is 0 Å². The van der Waals surface area contributed by atoms with Gasteiger partial charge >= 0.3 is 0 Å². The number of phenolic OH excluding ortho intramolecular Hbond substituents is 1. The molecule has 27 heavy (non-hydrogen) atoms. The molecule has 4 rings (SSSR count). The number of aliphatic imine (C=N–C) groups is 1.